The van der Waals surface area contributed by atoms with Gasteiger partial charge < -0.3 is 14.9 Å². The largest absolute Gasteiger partial charge is 0.449 e. The number of carbonyl (C=O) groups is 3. The molecule has 9 heteroatoms. The van der Waals surface area contributed by atoms with Crippen LogP contribution in [0, 0.1) is 40.4 Å². The van der Waals surface area contributed by atoms with E-state index in [0.717, 1.165) is 17.8 Å². The van der Waals surface area contributed by atoms with E-state index >= 15 is 8.78 Å². The Balaban J connectivity index is 1.82. The summed E-state index contributed by atoms with van der Waals surface area (Å²) < 4.78 is 39.0. The van der Waals surface area contributed by atoms with Crippen molar-refractivity contribution in [2.45, 2.75) is 76.9 Å². The second kappa shape index (κ2) is 9.62. The normalized spacial score (nSPS) is 44.1. The maximum atomic E-state index is 17.4. The molecule has 0 spiro atoms. The average molecular weight is 537 g/mol. The van der Waals surface area contributed by atoms with Crippen LogP contribution in [0.15, 0.2) is 23.8 Å². The predicted molar refractivity (Wildman–Crippen MR) is 135 cm³/mol. The molecule has 0 amide bonds. The summed E-state index contributed by atoms with van der Waals surface area (Å²) in [5.41, 5.74) is -6.62. The highest BCUT2D eigenvalue weighted by Crippen LogP contribution is 2.72. The molecular formula is C28H34F2O6S. The van der Waals surface area contributed by atoms with Crippen LogP contribution >= 0.6 is 11.8 Å². The first-order chi connectivity index (χ1) is 17.3. The number of alkyl halides is 2. The first-order valence-corrected chi connectivity index (χ1v) is 13.7. The zero-order valence-corrected chi connectivity index (χ0v) is 22.4. The zero-order chi connectivity index (χ0) is 27.4. The fraction of sp³-hybridized carbons (Fsp3) is 0.679. The minimum Gasteiger partial charge on any atom is -0.449 e. The molecule has 9 atom stereocenters. The summed E-state index contributed by atoms with van der Waals surface area (Å²) in [7, 11) is 0. The first-order valence-electron chi connectivity index (χ1n) is 12.7. The van der Waals surface area contributed by atoms with Crippen LogP contribution in [-0.2, 0) is 19.1 Å². The molecule has 0 aromatic rings. The molecule has 0 aromatic carbocycles. The molecule has 4 rings (SSSR count). The molecule has 0 aromatic heterocycles. The molecule has 0 aliphatic heterocycles. The number of aliphatic hydroxyl groups excluding tert-OH is 2. The van der Waals surface area contributed by atoms with Crippen molar-refractivity contribution in [3.8, 4) is 11.8 Å². The van der Waals surface area contributed by atoms with Crippen molar-refractivity contribution in [1.82, 2.24) is 0 Å². The van der Waals surface area contributed by atoms with Crippen LogP contribution in [-0.4, -0.2) is 63.0 Å². The van der Waals surface area contributed by atoms with Crippen molar-refractivity contribution in [3.05, 3.63) is 23.8 Å². The number of hydrogen-bond donors (Lipinski definition) is 2. The number of carbonyl (C=O) groups excluding carboxylic acids is 3. The molecule has 0 heterocycles. The van der Waals surface area contributed by atoms with Gasteiger partial charge >= 0.3 is 5.97 Å². The van der Waals surface area contributed by atoms with Crippen molar-refractivity contribution >= 4 is 28.6 Å². The Morgan fingerprint density at radius 2 is 1.95 bits per heavy atom. The van der Waals surface area contributed by atoms with Gasteiger partial charge in [-0.1, -0.05) is 50.4 Å². The van der Waals surface area contributed by atoms with Gasteiger partial charge in [0.2, 0.25) is 5.12 Å². The standard InChI is InChI=1S/C28H34F2O6S/c1-5-23(34)36-28(24(35)37-11-7-6-10-31)16(2)12-18-19-14-21(29)20-13-17(32)8-9-25(20,3)27(19,30)22(33)15-26(18,28)4/h8-9,13,16,18-19,21-22,31,33H,5,10-12,14-15H2,1-4H3/t16-,18-,19-,21-,22-,25-,26-,27-,28-/m0/s1. The Bertz CT molecular complexity index is 1130. The summed E-state index contributed by atoms with van der Waals surface area (Å²) in [4.78, 5) is 38.5. The Kier molecular flexibility index (Phi) is 7.28. The summed E-state index contributed by atoms with van der Waals surface area (Å²) in [5, 5.41) is 20.0. The molecular weight excluding hydrogens is 502 g/mol. The van der Waals surface area contributed by atoms with E-state index < -0.39 is 69.0 Å². The van der Waals surface area contributed by atoms with Crippen LogP contribution in [0.1, 0.15) is 53.4 Å². The van der Waals surface area contributed by atoms with E-state index in [0.29, 0.717) is 6.42 Å². The van der Waals surface area contributed by atoms with Gasteiger partial charge in [0.15, 0.2) is 17.1 Å². The quantitative estimate of drug-likeness (QED) is 0.419. The summed E-state index contributed by atoms with van der Waals surface area (Å²) in [6.07, 6.45) is 0.438. The number of rotatable bonds is 4. The summed E-state index contributed by atoms with van der Waals surface area (Å²) in [5.74, 6) is 2.14. The van der Waals surface area contributed by atoms with Crippen LogP contribution in [0.5, 0.6) is 0 Å². The zero-order valence-electron chi connectivity index (χ0n) is 21.6. The lowest BCUT2D eigenvalue weighted by molar-refractivity contribution is -0.228. The number of fused-ring (bicyclic) bond motifs is 5. The van der Waals surface area contributed by atoms with E-state index in [2.05, 4.69) is 11.8 Å². The predicted octanol–water partition coefficient (Wildman–Crippen LogP) is 3.50. The number of halogens is 2. The van der Waals surface area contributed by atoms with Crippen molar-refractivity contribution in [2.75, 3.05) is 12.4 Å². The number of thioether (sulfide) groups is 1. The lowest BCUT2D eigenvalue weighted by Gasteiger charge is -2.63. The number of esters is 1. The van der Waals surface area contributed by atoms with Gasteiger partial charge in [0.25, 0.3) is 0 Å². The molecule has 4 aliphatic carbocycles. The van der Waals surface area contributed by atoms with Crippen molar-refractivity contribution in [1.29, 1.82) is 0 Å². The minimum absolute atomic E-state index is 0.0219. The maximum Gasteiger partial charge on any atom is 0.306 e. The molecule has 4 aliphatic rings. The van der Waals surface area contributed by atoms with Crippen molar-refractivity contribution in [2.24, 2.45) is 28.6 Å². The van der Waals surface area contributed by atoms with Crippen LogP contribution < -0.4 is 0 Å². The smallest absolute Gasteiger partial charge is 0.306 e. The number of ether oxygens (including phenoxy) is 1. The SMILES string of the molecule is CCC(=O)O[C@]1(C(=O)SCC#CCO)[C@@H](C)C[C@H]2[C@@H]3C[C@H](F)C4=CC(=O)C=C[C@]4(C)[C@@]3(F)[C@@H](O)C[C@@]21C. The minimum atomic E-state index is -2.28. The third-order valence-corrected chi connectivity index (χ3v) is 10.4. The molecule has 37 heavy (non-hydrogen) atoms. The number of allylic oxidation sites excluding steroid dienone is 4. The molecule has 0 bridgehead atoms. The van der Waals surface area contributed by atoms with Gasteiger partial charge in [-0.2, -0.15) is 0 Å². The second-order valence-corrected chi connectivity index (χ2v) is 12.1. The van der Waals surface area contributed by atoms with Crippen LogP contribution in [0.25, 0.3) is 0 Å². The average Bonchev–Trinajstić information content (AvgIpc) is 3.06. The summed E-state index contributed by atoms with van der Waals surface area (Å²) >= 11 is 0.863. The van der Waals surface area contributed by atoms with Gasteiger partial charge in [0, 0.05) is 29.1 Å². The molecule has 3 fully saturated rings. The summed E-state index contributed by atoms with van der Waals surface area (Å²) in [6, 6.07) is 0. The number of ketones is 1. The van der Waals surface area contributed by atoms with Gasteiger partial charge in [-0.3, -0.25) is 14.4 Å². The molecule has 0 unspecified atom stereocenters. The lowest BCUT2D eigenvalue weighted by atomic mass is 9.44. The van der Waals surface area contributed by atoms with E-state index in [1.807, 2.05) is 0 Å². The maximum absolute atomic E-state index is 17.4. The molecule has 3 saturated carbocycles. The third kappa shape index (κ3) is 3.77. The van der Waals surface area contributed by atoms with Gasteiger partial charge in [-0.05, 0) is 49.8 Å². The van der Waals surface area contributed by atoms with Gasteiger partial charge in [-0.25, -0.2) is 8.78 Å². The summed E-state index contributed by atoms with van der Waals surface area (Å²) in [6.45, 7) is 6.30. The van der Waals surface area contributed by atoms with E-state index in [1.54, 1.807) is 20.8 Å². The highest BCUT2D eigenvalue weighted by Gasteiger charge is 2.78. The Hall–Kier alpha value is -2.02. The van der Waals surface area contributed by atoms with Crippen LogP contribution in [0.4, 0.5) is 8.78 Å². The van der Waals surface area contributed by atoms with E-state index in [1.165, 1.54) is 19.1 Å². The molecule has 0 radical (unpaired) electrons. The van der Waals surface area contributed by atoms with Crippen LogP contribution in [0.3, 0.4) is 0 Å². The monoisotopic (exact) mass is 536 g/mol. The topological polar surface area (TPSA) is 101 Å². The van der Waals surface area contributed by atoms with Crippen LogP contribution in [0.2, 0.25) is 0 Å². The molecule has 6 nitrogen and oxygen atoms in total. The highest BCUT2D eigenvalue weighted by molar-refractivity contribution is 8.14. The second-order valence-electron chi connectivity index (χ2n) is 11.1. The Morgan fingerprint density at radius 3 is 2.59 bits per heavy atom. The number of aliphatic hydroxyl groups is 2. The highest BCUT2D eigenvalue weighted by atomic mass is 32.2. The van der Waals surface area contributed by atoms with Crippen molar-refractivity contribution in [3.63, 3.8) is 0 Å². The van der Waals surface area contributed by atoms with Crippen molar-refractivity contribution < 1.29 is 38.1 Å². The first kappa shape index (κ1) is 28.0. The van der Waals surface area contributed by atoms with Gasteiger partial charge in [0.05, 0.1) is 11.9 Å². The fourth-order valence-corrected chi connectivity index (χ4v) is 8.78. The Morgan fingerprint density at radius 1 is 1.24 bits per heavy atom. The molecule has 0 saturated heterocycles. The molecule has 202 valence electrons. The lowest BCUT2D eigenvalue weighted by Crippen LogP contribution is -2.70. The van der Waals surface area contributed by atoms with E-state index in [-0.39, 0.29) is 37.2 Å². The van der Waals surface area contributed by atoms with Gasteiger partial charge in [-0.15, -0.1) is 0 Å². The Labute approximate surface area is 220 Å². The van der Waals surface area contributed by atoms with E-state index in [9.17, 15) is 19.5 Å². The van der Waals surface area contributed by atoms with E-state index in [4.69, 9.17) is 9.84 Å². The fourth-order valence-electron chi connectivity index (χ4n) is 7.79. The molecule has 2 N–H and O–H groups in total. The third-order valence-electron chi connectivity index (χ3n) is 9.51. The van der Waals surface area contributed by atoms with Gasteiger partial charge in [0.1, 0.15) is 12.8 Å². The number of hydrogen-bond acceptors (Lipinski definition) is 7.